The van der Waals surface area contributed by atoms with Crippen molar-refractivity contribution in [1.29, 1.82) is 0 Å². The van der Waals surface area contributed by atoms with Crippen molar-refractivity contribution in [3.63, 3.8) is 0 Å². The lowest BCUT2D eigenvalue weighted by atomic mass is 9.98. The summed E-state index contributed by atoms with van der Waals surface area (Å²) in [6.45, 7) is 0.728. The van der Waals surface area contributed by atoms with Crippen molar-refractivity contribution >= 4 is 10.9 Å². The van der Waals surface area contributed by atoms with Crippen LogP contribution in [0, 0.1) is 5.82 Å². The summed E-state index contributed by atoms with van der Waals surface area (Å²) in [5.41, 5.74) is 4.11. The molecule has 0 spiro atoms. The number of hydrogen-bond acceptors (Lipinski definition) is 4. The second-order valence-corrected chi connectivity index (χ2v) is 9.09. The van der Waals surface area contributed by atoms with Crippen LogP contribution in [-0.2, 0) is 13.1 Å². The zero-order chi connectivity index (χ0) is 25.2. The largest absolute Gasteiger partial charge is 0.454 e. The standard InChI is InChI=1S/C31H25FN2O3/c32-26-13-7-8-21(14-26)19-34-27-17-29-28(36-20-37-29)16-24(27)15-25(31(34)35)18-33-30(22-9-3-1-4-10-22)23-11-5-2-6-12-23/h1-17,30,33H,18-20H2. The molecule has 1 aromatic heterocycles. The lowest BCUT2D eigenvalue weighted by Gasteiger charge is -2.21. The summed E-state index contributed by atoms with van der Waals surface area (Å²) in [7, 11) is 0. The smallest absolute Gasteiger partial charge is 0.255 e. The zero-order valence-corrected chi connectivity index (χ0v) is 20.1. The van der Waals surface area contributed by atoms with E-state index in [0.717, 1.165) is 16.5 Å². The predicted octanol–water partition coefficient (Wildman–Crippen LogP) is 5.80. The van der Waals surface area contributed by atoms with E-state index in [2.05, 4.69) is 29.6 Å². The van der Waals surface area contributed by atoms with Crippen LogP contribution in [0.25, 0.3) is 10.9 Å². The molecule has 0 radical (unpaired) electrons. The summed E-state index contributed by atoms with van der Waals surface area (Å²) in [6, 6.07) is 32.2. The van der Waals surface area contributed by atoms with Gasteiger partial charge < -0.3 is 19.4 Å². The average Bonchev–Trinajstić information content (AvgIpc) is 3.39. The van der Waals surface area contributed by atoms with Crippen molar-refractivity contribution < 1.29 is 13.9 Å². The van der Waals surface area contributed by atoms with Gasteiger partial charge in [0.25, 0.3) is 5.56 Å². The fourth-order valence-corrected chi connectivity index (χ4v) is 4.86. The van der Waals surface area contributed by atoms with Crippen LogP contribution < -0.4 is 20.3 Å². The molecule has 184 valence electrons. The van der Waals surface area contributed by atoms with Gasteiger partial charge in [0, 0.05) is 23.6 Å². The van der Waals surface area contributed by atoms with E-state index in [1.54, 1.807) is 10.6 Å². The summed E-state index contributed by atoms with van der Waals surface area (Å²) in [6.07, 6.45) is 0. The summed E-state index contributed by atoms with van der Waals surface area (Å²) in [5, 5.41) is 4.45. The van der Waals surface area contributed by atoms with Gasteiger partial charge in [-0.1, -0.05) is 72.8 Å². The Labute approximate surface area is 213 Å². The first-order valence-corrected chi connectivity index (χ1v) is 12.2. The van der Waals surface area contributed by atoms with Crippen molar-refractivity contribution in [3.05, 3.63) is 142 Å². The quantitative estimate of drug-likeness (QED) is 0.312. The van der Waals surface area contributed by atoms with Gasteiger partial charge in [0.1, 0.15) is 5.82 Å². The van der Waals surface area contributed by atoms with E-state index >= 15 is 0 Å². The molecule has 5 aromatic rings. The van der Waals surface area contributed by atoms with E-state index in [9.17, 15) is 9.18 Å². The molecule has 0 fully saturated rings. The van der Waals surface area contributed by atoms with Gasteiger partial charge in [-0.3, -0.25) is 4.79 Å². The SMILES string of the molecule is O=c1c(CNC(c2ccccc2)c2ccccc2)cc2cc3c(cc2n1Cc1cccc(F)c1)OCO3. The topological polar surface area (TPSA) is 52.5 Å². The molecule has 0 unspecified atom stereocenters. The molecule has 0 saturated heterocycles. The molecule has 0 saturated carbocycles. The molecule has 5 nitrogen and oxygen atoms in total. The van der Waals surface area contributed by atoms with Crippen molar-refractivity contribution in [2.24, 2.45) is 0 Å². The number of aromatic nitrogens is 1. The lowest BCUT2D eigenvalue weighted by molar-refractivity contribution is 0.174. The molecule has 0 amide bonds. The van der Waals surface area contributed by atoms with E-state index in [1.165, 1.54) is 12.1 Å². The maximum absolute atomic E-state index is 13.9. The van der Waals surface area contributed by atoms with Crippen molar-refractivity contribution in [2.45, 2.75) is 19.1 Å². The fraction of sp³-hybridized carbons (Fsp3) is 0.129. The van der Waals surface area contributed by atoms with Gasteiger partial charge in [-0.15, -0.1) is 0 Å². The van der Waals surface area contributed by atoms with E-state index in [1.807, 2.05) is 60.7 Å². The minimum atomic E-state index is -0.334. The highest BCUT2D eigenvalue weighted by molar-refractivity contribution is 5.84. The van der Waals surface area contributed by atoms with Crippen molar-refractivity contribution in [1.82, 2.24) is 9.88 Å². The highest BCUT2D eigenvalue weighted by Gasteiger charge is 2.20. The molecular weight excluding hydrogens is 467 g/mol. The summed E-state index contributed by atoms with van der Waals surface area (Å²) in [5.74, 6) is 0.909. The molecule has 0 aliphatic carbocycles. The van der Waals surface area contributed by atoms with Crippen molar-refractivity contribution in [2.75, 3.05) is 6.79 Å². The molecule has 0 atom stereocenters. The maximum atomic E-state index is 13.9. The average molecular weight is 493 g/mol. The first-order chi connectivity index (χ1) is 18.2. The molecular formula is C31H25FN2O3. The number of halogens is 1. The molecule has 6 rings (SSSR count). The van der Waals surface area contributed by atoms with Gasteiger partial charge in [-0.2, -0.15) is 0 Å². The van der Waals surface area contributed by atoms with Gasteiger partial charge in [0.2, 0.25) is 6.79 Å². The van der Waals surface area contributed by atoms with Gasteiger partial charge >= 0.3 is 0 Å². The monoisotopic (exact) mass is 492 g/mol. The molecule has 4 aromatic carbocycles. The molecule has 2 heterocycles. The van der Waals surface area contributed by atoms with Crippen LogP contribution in [0.4, 0.5) is 4.39 Å². The lowest BCUT2D eigenvalue weighted by Crippen LogP contribution is -2.30. The third-order valence-electron chi connectivity index (χ3n) is 6.65. The number of ether oxygens (including phenoxy) is 2. The molecule has 0 bridgehead atoms. The van der Waals surface area contributed by atoms with Crippen LogP contribution in [0.15, 0.2) is 108 Å². The van der Waals surface area contributed by atoms with Crippen LogP contribution in [0.1, 0.15) is 28.3 Å². The van der Waals surface area contributed by atoms with E-state index in [-0.39, 0.29) is 30.8 Å². The summed E-state index contributed by atoms with van der Waals surface area (Å²) < 4.78 is 26.8. The Morgan fingerprint density at radius 1 is 0.811 bits per heavy atom. The normalized spacial score (nSPS) is 12.4. The number of nitrogens with one attached hydrogen (secondary N) is 1. The Bertz CT molecular complexity index is 1580. The molecule has 1 aliphatic heterocycles. The summed E-state index contributed by atoms with van der Waals surface area (Å²) >= 11 is 0. The van der Waals surface area contributed by atoms with Crippen LogP contribution in [0.5, 0.6) is 11.5 Å². The van der Waals surface area contributed by atoms with Gasteiger partial charge in [0.05, 0.1) is 18.1 Å². The highest BCUT2D eigenvalue weighted by Crippen LogP contribution is 2.36. The first kappa shape index (κ1) is 23.0. The molecule has 6 heteroatoms. The second-order valence-electron chi connectivity index (χ2n) is 9.09. The number of rotatable bonds is 7. The number of benzene rings is 4. The Balaban J connectivity index is 1.42. The van der Waals surface area contributed by atoms with E-state index in [0.29, 0.717) is 34.7 Å². The highest BCUT2D eigenvalue weighted by atomic mass is 19.1. The van der Waals surface area contributed by atoms with Crippen molar-refractivity contribution in [3.8, 4) is 11.5 Å². The second kappa shape index (κ2) is 9.91. The number of pyridine rings is 1. The Morgan fingerprint density at radius 3 is 2.16 bits per heavy atom. The zero-order valence-electron chi connectivity index (χ0n) is 20.1. The van der Waals surface area contributed by atoms with Crippen LogP contribution >= 0.6 is 0 Å². The Hall–Kier alpha value is -4.42. The van der Waals surface area contributed by atoms with Crippen LogP contribution in [0.2, 0.25) is 0 Å². The minimum absolute atomic E-state index is 0.0917. The van der Waals surface area contributed by atoms with Gasteiger partial charge in [-0.05, 0) is 41.0 Å². The number of nitrogens with zero attached hydrogens (tertiary/aromatic N) is 1. The Morgan fingerprint density at radius 2 is 1.49 bits per heavy atom. The Kier molecular flexibility index (Phi) is 6.16. The molecule has 37 heavy (non-hydrogen) atoms. The fourth-order valence-electron chi connectivity index (χ4n) is 4.86. The van der Waals surface area contributed by atoms with Gasteiger partial charge in [0.15, 0.2) is 11.5 Å². The van der Waals surface area contributed by atoms with Gasteiger partial charge in [-0.25, -0.2) is 4.39 Å². The molecule has 1 N–H and O–H groups in total. The third-order valence-corrected chi connectivity index (χ3v) is 6.65. The molecule has 1 aliphatic rings. The van der Waals surface area contributed by atoms with Crippen LogP contribution in [-0.4, -0.2) is 11.4 Å². The minimum Gasteiger partial charge on any atom is -0.454 e. The predicted molar refractivity (Wildman–Crippen MR) is 141 cm³/mol. The number of hydrogen-bond donors (Lipinski definition) is 1. The van der Waals surface area contributed by atoms with Crippen LogP contribution in [0.3, 0.4) is 0 Å². The number of fused-ring (bicyclic) bond motifs is 2. The third kappa shape index (κ3) is 4.71. The maximum Gasteiger partial charge on any atom is 0.255 e. The first-order valence-electron chi connectivity index (χ1n) is 12.2. The van der Waals surface area contributed by atoms with E-state index < -0.39 is 0 Å². The van der Waals surface area contributed by atoms with E-state index in [4.69, 9.17) is 9.47 Å². The summed E-state index contributed by atoms with van der Waals surface area (Å²) in [4.78, 5) is 13.8.